The van der Waals surface area contributed by atoms with Crippen LogP contribution in [0.1, 0.15) is 6.92 Å². The van der Waals surface area contributed by atoms with Crippen LogP contribution >= 0.6 is 0 Å². The van der Waals surface area contributed by atoms with Crippen molar-refractivity contribution in [3.05, 3.63) is 18.2 Å². The highest BCUT2D eigenvalue weighted by Gasteiger charge is 2.15. The van der Waals surface area contributed by atoms with Crippen LogP contribution in [0.2, 0.25) is 0 Å². The van der Waals surface area contributed by atoms with E-state index >= 15 is 0 Å². The fraction of sp³-hybridized carbons (Fsp3) is 0.300. The maximum Gasteiger partial charge on any atom is 0.325 e. The van der Waals surface area contributed by atoms with Crippen LogP contribution < -0.4 is 14.8 Å². The molecule has 1 aliphatic heterocycles. The average molecular weight is 209 g/mol. The Morgan fingerprint density at radius 1 is 1.47 bits per heavy atom. The zero-order valence-corrected chi connectivity index (χ0v) is 8.19. The van der Waals surface area contributed by atoms with Gasteiger partial charge in [0.05, 0.1) is 0 Å². The normalized spacial score (nSPS) is 14.7. The van der Waals surface area contributed by atoms with Crippen LogP contribution in [0.4, 0.5) is 5.69 Å². The lowest BCUT2D eigenvalue weighted by atomic mass is 10.2. The molecule has 1 aliphatic rings. The molecule has 1 unspecified atom stereocenters. The lowest BCUT2D eigenvalue weighted by molar-refractivity contribution is -0.137. The van der Waals surface area contributed by atoms with E-state index < -0.39 is 12.0 Å². The number of carboxylic acid groups (broad SMARTS) is 1. The first-order valence-corrected chi connectivity index (χ1v) is 4.56. The molecule has 15 heavy (non-hydrogen) atoms. The van der Waals surface area contributed by atoms with Crippen molar-refractivity contribution >= 4 is 11.7 Å². The van der Waals surface area contributed by atoms with Crippen molar-refractivity contribution in [2.24, 2.45) is 0 Å². The van der Waals surface area contributed by atoms with Crippen molar-refractivity contribution in [3.8, 4) is 11.5 Å². The lowest BCUT2D eigenvalue weighted by Crippen LogP contribution is -2.25. The van der Waals surface area contributed by atoms with Gasteiger partial charge < -0.3 is 19.9 Å². The third kappa shape index (κ3) is 1.96. The van der Waals surface area contributed by atoms with Crippen LogP contribution in [0, 0.1) is 0 Å². The fourth-order valence-corrected chi connectivity index (χ4v) is 1.30. The van der Waals surface area contributed by atoms with Crippen LogP contribution in [-0.4, -0.2) is 23.9 Å². The number of carbonyl (C=O) groups is 1. The van der Waals surface area contributed by atoms with Gasteiger partial charge in [0.1, 0.15) is 6.04 Å². The first-order chi connectivity index (χ1) is 7.16. The van der Waals surface area contributed by atoms with Gasteiger partial charge in [-0.05, 0) is 19.1 Å². The largest absolute Gasteiger partial charge is 0.480 e. The molecule has 0 fully saturated rings. The maximum atomic E-state index is 10.6. The molecule has 0 amide bonds. The Balaban J connectivity index is 2.13. The zero-order chi connectivity index (χ0) is 10.8. The number of fused-ring (bicyclic) bond motifs is 1. The number of hydrogen-bond donors (Lipinski definition) is 2. The molecule has 2 N–H and O–H groups in total. The summed E-state index contributed by atoms with van der Waals surface area (Å²) in [4.78, 5) is 10.6. The van der Waals surface area contributed by atoms with Crippen molar-refractivity contribution in [1.82, 2.24) is 0 Å². The third-order valence-corrected chi connectivity index (χ3v) is 2.13. The second-order valence-electron chi connectivity index (χ2n) is 3.27. The molecule has 0 saturated heterocycles. The number of benzene rings is 1. The number of anilines is 1. The second kappa shape index (κ2) is 3.68. The van der Waals surface area contributed by atoms with Crippen molar-refractivity contribution in [1.29, 1.82) is 0 Å². The Kier molecular flexibility index (Phi) is 2.37. The summed E-state index contributed by atoms with van der Waals surface area (Å²) in [5, 5.41) is 11.6. The molecule has 1 aromatic carbocycles. The SMILES string of the molecule is CC(Nc1ccc2c(c1)OCO2)C(=O)O. The van der Waals surface area contributed by atoms with Crippen LogP contribution in [0.15, 0.2) is 18.2 Å². The van der Waals surface area contributed by atoms with Gasteiger partial charge in [-0.25, -0.2) is 0 Å². The smallest absolute Gasteiger partial charge is 0.325 e. The predicted molar refractivity (Wildman–Crippen MR) is 53.3 cm³/mol. The summed E-state index contributed by atoms with van der Waals surface area (Å²) in [6, 6.07) is 4.60. The van der Waals surface area contributed by atoms with E-state index in [0.29, 0.717) is 17.2 Å². The Hall–Kier alpha value is -1.91. The summed E-state index contributed by atoms with van der Waals surface area (Å²) in [6.07, 6.45) is 0. The van der Waals surface area contributed by atoms with Crippen molar-refractivity contribution in [2.75, 3.05) is 12.1 Å². The van der Waals surface area contributed by atoms with Gasteiger partial charge >= 0.3 is 5.97 Å². The number of carboxylic acids is 1. The predicted octanol–water partition coefficient (Wildman–Crippen LogP) is 1.30. The highest BCUT2D eigenvalue weighted by molar-refractivity contribution is 5.77. The quantitative estimate of drug-likeness (QED) is 0.785. The van der Waals surface area contributed by atoms with Crippen LogP contribution in [-0.2, 0) is 4.79 Å². The van der Waals surface area contributed by atoms with Gasteiger partial charge in [0.25, 0.3) is 0 Å². The third-order valence-electron chi connectivity index (χ3n) is 2.13. The number of hydrogen-bond acceptors (Lipinski definition) is 4. The van der Waals surface area contributed by atoms with Gasteiger partial charge in [0, 0.05) is 11.8 Å². The molecule has 0 spiro atoms. The zero-order valence-electron chi connectivity index (χ0n) is 8.19. The van der Waals surface area contributed by atoms with Gasteiger partial charge in [-0.3, -0.25) is 4.79 Å². The Bertz CT molecular complexity index is 391. The van der Waals surface area contributed by atoms with Crippen LogP contribution in [0.3, 0.4) is 0 Å². The van der Waals surface area contributed by atoms with Crippen molar-refractivity contribution in [3.63, 3.8) is 0 Å². The molecule has 5 heteroatoms. The standard InChI is InChI=1S/C10H11NO4/c1-6(10(12)13)11-7-2-3-8-9(4-7)15-5-14-8/h2-4,6,11H,5H2,1H3,(H,12,13). The van der Waals surface area contributed by atoms with E-state index in [1.807, 2.05) is 0 Å². The summed E-state index contributed by atoms with van der Waals surface area (Å²) in [5.41, 5.74) is 0.703. The molecule has 0 aromatic heterocycles. The van der Waals surface area contributed by atoms with E-state index in [1.165, 1.54) is 0 Å². The molecular weight excluding hydrogens is 198 g/mol. The minimum Gasteiger partial charge on any atom is -0.480 e. The Morgan fingerprint density at radius 2 is 2.20 bits per heavy atom. The molecule has 5 nitrogen and oxygen atoms in total. The molecule has 0 saturated carbocycles. The summed E-state index contributed by atoms with van der Waals surface area (Å²) < 4.78 is 10.3. The highest BCUT2D eigenvalue weighted by Crippen LogP contribution is 2.34. The molecule has 0 bridgehead atoms. The Morgan fingerprint density at radius 3 is 2.93 bits per heavy atom. The first-order valence-electron chi connectivity index (χ1n) is 4.56. The fourth-order valence-electron chi connectivity index (χ4n) is 1.30. The van der Waals surface area contributed by atoms with E-state index in [0.717, 1.165) is 0 Å². The maximum absolute atomic E-state index is 10.6. The summed E-state index contributed by atoms with van der Waals surface area (Å²) in [5.74, 6) is 0.425. The minimum absolute atomic E-state index is 0.216. The molecule has 1 heterocycles. The molecule has 80 valence electrons. The van der Waals surface area contributed by atoms with E-state index in [-0.39, 0.29) is 6.79 Å². The van der Waals surface area contributed by atoms with E-state index in [4.69, 9.17) is 14.6 Å². The minimum atomic E-state index is -0.896. The lowest BCUT2D eigenvalue weighted by Gasteiger charge is -2.10. The first kappa shape index (κ1) is 9.64. The highest BCUT2D eigenvalue weighted by atomic mass is 16.7. The van der Waals surface area contributed by atoms with Crippen LogP contribution in [0.25, 0.3) is 0 Å². The molecule has 0 aliphatic carbocycles. The van der Waals surface area contributed by atoms with Gasteiger partial charge in [0.2, 0.25) is 6.79 Å². The summed E-state index contributed by atoms with van der Waals surface area (Å²) in [6.45, 7) is 1.79. The molecule has 1 atom stereocenters. The number of aliphatic carboxylic acids is 1. The van der Waals surface area contributed by atoms with E-state index in [2.05, 4.69) is 5.32 Å². The Labute approximate surface area is 86.6 Å². The number of rotatable bonds is 3. The second-order valence-corrected chi connectivity index (χ2v) is 3.27. The monoisotopic (exact) mass is 209 g/mol. The average Bonchev–Trinajstić information content (AvgIpc) is 2.64. The number of nitrogens with one attached hydrogen (secondary N) is 1. The van der Waals surface area contributed by atoms with Crippen LogP contribution in [0.5, 0.6) is 11.5 Å². The topological polar surface area (TPSA) is 67.8 Å². The summed E-state index contributed by atoms with van der Waals surface area (Å²) >= 11 is 0. The van der Waals surface area contributed by atoms with Gasteiger partial charge in [-0.2, -0.15) is 0 Å². The van der Waals surface area contributed by atoms with Crippen molar-refractivity contribution in [2.45, 2.75) is 13.0 Å². The number of ether oxygens (including phenoxy) is 2. The summed E-state index contributed by atoms with van der Waals surface area (Å²) in [7, 11) is 0. The molecule has 0 radical (unpaired) electrons. The van der Waals surface area contributed by atoms with Gasteiger partial charge in [-0.15, -0.1) is 0 Å². The molecule has 1 aromatic rings. The van der Waals surface area contributed by atoms with Gasteiger partial charge in [-0.1, -0.05) is 0 Å². The van der Waals surface area contributed by atoms with E-state index in [9.17, 15) is 4.79 Å². The molecule has 2 rings (SSSR count). The van der Waals surface area contributed by atoms with E-state index in [1.54, 1.807) is 25.1 Å². The van der Waals surface area contributed by atoms with Gasteiger partial charge in [0.15, 0.2) is 11.5 Å². The van der Waals surface area contributed by atoms with Crippen molar-refractivity contribution < 1.29 is 19.4 Å². The molecular formula is C10H11NO4.